The standard InChI is InChI=1S/C21H19FN2O2.ClH/c1-26-19-10-8-14(9-11-19)20(15-4-3-7-18(23)13-15)24-21(25)16-5-2-6-17(22)12-16;/h2-13,20H,23H2,1H3,(H,24,25);1H. The number of carbonyl (C=O) groups is 1. The van der Waals surface area contributed by atoms with Crippen LogP contribution in [-0.2, 0) is 0 Å². The molecule has 0 saturated heterocycles. The largest absolute Gasteiger partial charge is 0.497 e. The van der Waals surface area contributed by atoms with Crippen LogP contribution in [0.1, 0.15) is 27.5 Å². The van der Waals surface area contributed by atoms with Crippen LogP contribution in [0.25, 0.3) is 0 Å². The average molecular weight is 387 g/mol. The van der Waals surface area contributed by atoms with Gasteiger partial charge in [-0.05, 0) is 53.6 Å². The molecule has 3 aromatic carbocycles. The highest BCUT2D eigenvalue weighted by Crippen LogP contribution is 2.26. The summed E-state index contributed by atoms with van der Waals surface area (Å²) in [5.74, 6) is -0.105. The first-order chi connectivity index (χ1) is 12.6. The number of nitrogen functional groups attached to an aromatic ring is 1. The molecule has 0 aromatic heterocycles. The zero-order chi connectivity index (χ0) is 18.5. The third-order valence-corrected chi connectivity index (χ3v) is 4.06. The highest BCUT2D eigenvalue weighted by atomic mass is 35.5. The summed E-state index contributed by atoms with van der Waals surface area (Å²) >= 11 is 0. The van der Waals surface area contributed by atoms with Gasteiger partial charge in [0.2, 0.25) is 0 Å². The first-order valence-electron chi connectivity index (χ1n) is 8.12. The highest BCUT2D eigenvalue weighted by Gasteiger charge is 2.18. The molecule has 1 atom stereocenters. The molecule has 0 aliphatic rings. The number of nitrogens with one attached hydrogen (secondary N) is 1. The number of rotatable bonds is 5. The SMILES string of the molecule is COc1ccc(C(NC(=O)c2cccc(F)c2)c2cccc(N)c2)cc1.Cl. The van der Waals surface area contributed by atoms with Crippen molar-refractivity contribution in [2.45, 2.75) is 6.04 Å². The van der Waals surface area contributed by atoms with Crippen molar-refractivity contribution in [1.29, 1.82) is 0 Å². The van der Waals surface area contributed by atoms with Crippen LogP contribution in [0, 0.1) is 5.82 Å². The van der Waals surface area contributed by atoms with E-state index in [1.807, 2.05) is 36.4 Å². The number of methoxy groups -OCH3 is 1. The fourth-order valence-electron chi connectivity index (χ4n) is 2.74. The van der Waals surface area contributed by atoms with E-state index in [0.717, 1.165) is 16.9 Å². The Labute approximate surface area is 163 Å². The summed E-state index contributed by atoms with van der Waals surface area (Å²) in [6.07, 6.45) is 0. The predicted octanol–water partition coefficient (Wildman–Crippen LogP) is 4.36. The van der Waals surface area contributed by atoms with Gasteiger partial charge in [0.05, 0.1) is 13.2 Å². The maximum Gasteiger partial charge on any atom is 0.252 e. The average Bonchev–Trinajstić information content (AvgIpc) is 2.66. The number of halogens is 2. The van der Waals surface area contributed by atoms with Crippen LogP contribution in [-0.4, -0.2) is 13.0 Å². The summed E-state index contributed by atoms with van der Waals surface area (Å²) in [6.45, 7) is 0. The van der Waals surface area contributed by atoms with Crippen molar-refractivity contribution in [1.82, 2.24) is 5.32 Å². The fourth-order valence-corrected chi connectivity index (χ4v) is 2.74. The normalized spacial score (nSPS) is 11.2. The second-order valence-corrected chi connectivity index (χ2v) is 5.86. The maximum absolute atomic E-state index is 13.4. The van der Waals surface area contributed by atoms with E-state index in [1.165, 1.54) is 18.2 Å². The van der Waals surface area contributed by atoms with Gasteiger partial charge < -0.3 is 15.8 Å². The van der Waals surface area contributed by atoms with Crippen LogP contribution < -0.4 is 15.8 Å². The Morgan fingerprint density at radius 1 is 1.00 bits per heavy atom. The Kier molecular flexibility index (Phi) is 6.79. The minimum Gasteiger partial charge on any atom is -0.497 e. The van der Waals surface area contributed by atoms with E-state index < -0.39 is 11.9 Å². The van der Waals surface area contributed by atoms with E-state index in [-0.39, 0.29) is 23.9 Å². The molecule has 1 amide bonds. The van der Waals surface area contributed by atoms with E-state index in [9.17, 15) is 9.18 Å². The zero-order valence-electron chi connectivity index (χ0n) is 14.7. The molecule has 4 nitrogen and oxygen atoms in total. The third kappa shape index (κ3) is 4.99. The van der Waals surface area contributed by atoms with Crippen molar-refractivity contribution in [2.24, 2.45) is 0 Å². The molecule has 3 N–H and O–H groups in total. The number of carbonyl (C=O) groups excluding carboxylic acids is 1. The van der Waals surface area contributed by atoms with Crippen LogP contribution in [0.3, 0.4) is 0 Å². The molecule has 140 valence electrons. The molecule has 0 bridgehead atoms. The van der Waals surface area contributed by atoms with Crippen molar-refractivity contribution in [3.8, 4) is 5.75 Å². The quantitative estimate of drug-likeness (QED) is 0.640. The third-order valence-electron chi connectivity index (χ3n) is 4.06. The lowest BCUT2D eigenvalue weighted by molar-refractivity contribution is 0.0942. The molecular formula is C21H20ClFN2O2. The Morgan fingerprint density at radius 3 is 2.33 bits per heavy atom. The van der Waals surface area contributed by atoms with Gasteiger partial charge >= 0.3 is 0 Å². The van der Waals surface area contributed by atoms with E-state index in [2.05, 4.69) is 5.32 Å². The van der Waals surface area contributed by atoms with Crippen LogP contribution in [0.15, 0.2) is 72.8 Å². The molecule has 0 fully saturated rings. The first-order valence-corrected chi connectivity index (χ1v) is 8.12. The van der Waals surface area contributed by atoms with Crippen LogP contribution in [0.4, 0.5) is 10.1 Å². The van der Waals surface area contributed by atoms with Gasteiger partial charge in [0, 0.05) is 11.3 Å². The number of ether oxygens (including phenoxy) is 1. The number of hydrogen-bond acceptors (Lipinski definition) is 3. The van der Waals surface area contributed by atoms with Crippen LogP contribution >= 0.6 is 12.4 Å². The minimum absolute atomic E-state index is 0. The molecule has 6 heteroatoms. The predicted molar refractivity (Wildman–Crippen MR) is 107 cm³/mol. The Balaban J connectivity index is 0.00000261. The first kappa shape index (κ1) is 20.3. The Bertz CT molecular complexity index is 916. The molecule has 0 aliphatic carbocycles. The van der Waals surface area contributed by atoms with E-state index in [1.54, 1.807) is 25.3 Å². The molecule has 3 aromatic rings. The molecule has 0 saturated carbocycles. The second-order valence-electron chi connectivity index (χ2n) is 5.86. The number of amides is 1. The van der Waals surface area contributed by atoms with Gasteiger partial charge in [-0.3, -0.25) is 4.79 Å². The van der Waals surface area contributed by atoms with Crippen molar-refractivity contribution in [3.05, 3.63) is 95.3 Å². The van der Waals surface area contributed by atoms with Crippen molar-refractivity contribution >= 4 is 24.0 Å². The summed E-state index contributed by atoms with van der Waals surface area (Å²) < 4.78 is 18.6. The van der Waals surface area contributed by atoms with Gasteiger partial charge in [-0.2, -0.15) is 0 Å². The van der Waals surface area contributed by atoms with E-state index in [4.69, 9.17) is 10.5 Å². The Morgan fingerprint density at radius 2 is 1.70 bits per heavy atom. The molecule has 1 unspecified atom stereocenters. The molecule has 0 aliphatic heterocycles. The zero-order valence-corrected chi connectivity index (χ0v) is 15.5. The highest BCUT2D eigenvalue weighted by molar-refractivity contribution is 5.94. The number of nitrogens with two attached hydrogens (primary N) is 1. The van der Waals surface area contributed by atoms with Crippen molar-refractivity contribution in [2.75, 3.05) is 12.8 Å². The topological polar surface area (TPSA) is 64.3 Å². The van der Waals surface area contributed by atoms with Gasteiger partial charge in [-0.1, -0.05) is 30.3 Å². The van der Waals surface area contributed by atoms with Gasteiger partial charge in [-0.15, -0.1) is 12.4 Å². The van der Waals surface area contributed by atoms with Gasteiger partial charge in [0.1, 0.15) is 11.6 Å². The summed E-state index contributed by atoms with van der Waals surface area (Å²) in [4.78, 5) is 12.6. The lowest BCUT2D eigenvalue weighted by Gasteiger charge is -2.20. The molecule has 0 spiro atoms. The molecule has 0 heterocycles. The van der Waals surface area contributed by atoms with E-state index in [0.29, 0.717) is 5.69 Å². The second kappa shape index (κ2) is 9.05. The fraction of sp³-hybridized carbons (Fsp3) is 0.0952. The minimum atomic E-state index is -0.456. The number of benzene rings is 3. The monoisotopic (exact) mass is 386 g/mol. The van der Waals surface area contributed by atoms with Gasteiger partial charge in [0.25, 0.3) is 5.91 Å². The lowest BCUT2D eigenvalue weighted by Crippen LogP contribution is -2.29. The van der Waals surface area contributed by atoms with Gasteiger partial charge in [-0.25, -0.2) is 4.39 Å². The van der Waals surface area contributed by atoms with Crippen molar-refractivity contribution < 1.29 is 13.9 Å². The summed E-state index contributed by atoms with van der Waals surface area (Å²) in [5.41, 5.74) is 8.45. The van der Waals surface area contributed by atoms with Crippen LogP contribution in [0.2, 0.25) is 0 Å². The molecule has 0 radical (unpaired) electrons. The lowest BCUT2D eigenvalue weighted by atomic mass is 9.97. The number of anilines is 1. The Hall–Kier alpha value is -3.05. The summed E-state index contributed by atoms with van der Waals surface area (Å²) in [5, 5.41) is 2.96. The summed E-state index contributed by atoms with van der Waals surface area (Å²) in [6, 6.07) is 19.9. The molecule has 3 rings (SSSR count). The van der Waals surface area contributed by atoms with Crippen LogP contribution in [0.5, 0.6) is 5.75 Å². The molecule has 27 heavy (non-hydrogen) atoms. The molecular weight excluding hydrogens is 367 g/mol. The van der Waals surface area contributed by atoms with E-state index >= 15 is 0 Å². The number of hydrogen-bond donors (Lipinski definition) is 2. The van der Waals surface area contributed by atoms with Crippen molar-refractivity contribution in [3.63, 3.8) is 0 Å². The maximum atomic E-state index is 13.4. The van der Waals surface area contributed by atoms with Gasteiger partial charge in [0.15, 0.2) is 0 Å². The summed E-state index contributed by atoms with van der Waals surface area (Å²) in [7, 11) is 1.59. The smallest absolute Gasteiger partial charge is 0.252 e.